The zero-order chi connectivity index (χ0) is 18.0. The number of nitrogens with one attached hydrogen (secondary N) is 1. The lowest BCUT2D eigenvalue weighted by atomic mass is 10.2. The van der Waals surface area contributed by atoms with Crippen LogP contribution in [-0.2, 0) is 15.8 Å². The van der Waals surface area contributed by atoms with E-state index in [-0.39, 0.29) is 11.6 Å². The van der Waals surface area contributed by atoms with Gasteiger partial charge >= 0.3 is 0 Å². The van der Waals surface area contributed by atoms with Gasteiger partial charge in [-0.2, -0.15) is 5.10 Å². The van der Waals surface area contributed by atoms with Gasteiger partial charge in [-0.1, -0.05) is 12.1 Å². The summed E-state index contributed by atoms with van der Waals surface area (Å²) >= 11 is 0. The molecule has 0 aliphatic carbocycles. The van der Waals surface area contributed by atoms with Gasteiger partial charge in [-0.25, -0.2) is 27.5 Å². The Morgan fingerprint density at radius 3 is 2.48 bits per heavy atom. The first-order chi connectivity index (χ1) is 11.8. The molecule has 130 valence electrons. The minimum absolute atomic E-state index is 0.139. The Morgan fingerprint density at radius 1 is 1.12 bits per heavy atom. The summed E-state index contributed by atoms with van der Waals surface area (Å²) in [5.41, 5.74) is 2.17. The highest BCUT2D eigenvalue weighted by atomic mass is 32.2. The summed E-state index contributed by atoms with van der Waals surface area (Å²) in [6, 6.07) is 8.68. The van der Waals surface area contributed by atoms with Crippen LogP contribution in [0.25, 0.3) is 5.82 Å². The molecular formula is C16H16FN5O2S. The molecule has 0 amide bonds. The van der Waals surface area contributed by atoms with Crippen molar-refractivity contribution in [2.75, 3.05) is 4.72 Å². The summed E-state index contributed by atoms with van der Waals surface area (Å²) in [4.78, 5) is 8.06. The summed E-state index contributed by atoms with van der Waals surface area (Å²) in [5, 5.41) is 4.31. The zero-order valence-electron chi connectivity index (χ0n) is 13.6. The van der Waals surface area contributed by atoms with E-state index in [0.29, 0.717) is 11.4 Å². The van der Waals surface area contributed by atoms with Crippen molar-refractivity contribution in [3.63, 3.8) is 0 Å². The third kappa shape index (κ3) is 4.18. The molecule has 0 spiro atoms. The molecule has 1 N–H and O–H groups in total. The molecule has 0 aliphatic rings. The summed E-state index contributed by atoms with van der Waals surface area (Å²) in [6.07, 6.45) is 1.27. The van der Waals surface area contributed by atoms with E-state index in [9.17, 15) is 12.8 Å². The van der Waals surface area contributed by atoms with Gasteiger partial charge in [0.15, 0.2) is 5.82 Å². The number of rotatable bonds is 5. The molecule has 25 heavy (non-hydrogen) atoms. The van der Waals surface area contributed by atoms with Crippen molar-refractivity contribution < 1.29 is 12.8 Å². The average Bonchev–Trinajstić information content (AvgIpc) is 2.88. The number of aromatic nitrogens is 4. The van der Waals surface area contributed by atoms with Crippen molar-refractivity contribution >= 4 is 15.8 Å². The average molecular weight is 361 g/mol. The van der Waals surface area contributed by atoms with Gasteiger partial charge in [0.05, 0.1) is 11.4 Å². The van der Waals surface area contributed by atoms with Gasteiger partial charge in [-0.15, -0.1) is 0 Å². The molecule has 0 bridgehead atoms. The van der Waals surface area contributed by atoms with E-state index >= 15 is 0 Å². The van der Waals surface area contributed by atoms with E-state index in [4.69, 9.17) is 0 Å². The van der Waals surface area contributed by atoms with Gasteiger partial charge in [0.25, 0.3) is 0 Å². The highest BCUT2D eigenvalue weighted by Gasteiger charge is 2.14. The molecule has 0 radical (unpaired) electrons. The third-order valence-corrected chi connectivity index (χ3v) is 4.64. The van der Waals surface area contributed by atoms with E-state index in [2.05, 4.69) is 19.8 Å². The van der Waals surface area contributed by atoms with Crippen molar-refractivity contribution in [2.45, 2.75) is 19.6 Å². The first kappa shape index (κ1) is 17.0. The molecule has 1 aromatic carbocycles. The fourth-order valence-electron chi connectivity index (χ4n) is 2.37. The molecule has 0 fully saturated rings. The van der Waals surface area contributed by atoms with Crippen molar-refractivity contribution in [3.05, 3.63) is 65.5 Å². The second-order valence-electron chi connectivity index (χ2n) is 5.59. The minimum atomic E-state index is -3.70. The second-order valence-corrected chi connectivity index (χ2v) is 7.31. The van der Waals surface area contributed by atoms with E-state index in [1.807, 2.05) is 19.9 Å². The molecule has 0 saturated heterocycles. The van der Waals surface area contributed by atoms with Gasteiger partial charge in [0, 0.05) is 11.8 Å². The molecule has 0 saturated carbocycles. The number of nitrogens with zero attached hydrogens (tertiary/aromatic N) is 4. The minimum Gasteiger partial charge on any atom is -0.267 e. The Kier molecular flexibility index (Phi) is 4.49. The molecule has 3 rings (SSSR count). The Labute approximate surface area is 144 Å². The van der Waals surface area contributed by atoms with Gasteiger partial charge in [0.1, 0.15) is 18.0 Å². The highest BCUT2D eigenvalue weighted by molar-refractivity contribution is 7.91. The largest absolute Gasteiger partial charge is 0.267 e. The van der Waals surface area contributed by atoms with Crippen molar-refractivity contribution in [3.8, 4) is 5.82 Å². The lowest BCUT2D eigenvalue weighted by Crippen LogP contribution is -2.16. The number of halogens is 1. The summed E-state index contributed by atoms with van der Waals surface area (Å²) < 4.78 is 41.5. The fourth-order valence-corrected chi connectivity index (χ4v) is 3.51. The zero-order valence-corrected chi connectivity index (χ0v) is 14.5. The van der Waals surface area contributed by atoms with Crippen LogP contribution in [0, 0.1) is 19.7 Å². The number of aryl methyl sites for hydroxylation is 2. The SMILES string of the molecule is Cc1cc(C)n(-c2cc(NS(=O)(=O)Cc3ccc(F)cc3)ncn2)n1. The number of benzene rings is 1. The van der Waals surface area contributed by atoms with Crippen molar-refractivity contribution in [2.24, 2.45) is 0 Å². The van der Waals surface area contributed by atoms with Gasteiger partial charge in [-0.05, 0) is 37.6 Å². The number of hydrogen-bond donors (Lipinski definition) is 1. The van der Waals surface area contributed by atoms with Crippen LogP contribution in [0.4, 0.5) is 10.2 Å². The third-order valence-electron chi connectivity index (χ3n) is 3.41. The molecule has 0 unspecified atom stereocenters. The molecular weight excluding hydrogens is 345 g/mol. The molecule has 3 aromatic rings. The Hall–Kier alpha value is -2.81. The van der Waals surface area contributed by atoms with Crippen LogP contribution in [0.3, 0.4) is 0 Å². The molecule has 7 nitrogen and oxygen atoms in total. The van der Waals surface area contributed by atoms with Crippen LogP contribution in [0.1, 0.15) is 17.0 Å². The highest BCUT2D eigenvalue weighted by Crippen LogP contribution is 2.15. The van der Waals surface area contributed by atoms with Crippen LogP contribution in [0.2, 0.25) is 0 Å². The molecule has 0 aliphatic heterocycles. The number of hydrogen-bond acceptors (Lipinski definition) is 5. The Balaban J connectivity index is 1.81. The standard InChI is InChI=1S/C16H16FN5O2S/c1-11-7-12(2)22(20-11)16-8-15(18-10-19-16)21-25(23,24)9-13-3-5-14(17)6-4-13/h3-8,10H,9H2,1-2H3,(H,18,19,21). The topological polar surface area (TPSA) is 89.8 Å². The Bertz CT molecular complexity index is 1000. The first-order valence-electron chi connectivity index (χ1n) is 7.43. The fraction of sp³-hybridized carbons (Fsp3) is 0.188. The van der Waals surface area contributed by atoms with Crippen molar-refractivity contribution in [1.29, 1.82) is 0 Å². The van der Waals surface area contributed by atoms with Crippen LogP contribution < -0.4 is 4.72 Å². The van der Waals surface area contributed by atoms with E-state index in [1.54, 1.807) is 4.68 Å². The van der Waals surface area contributed by atoms with Crippen LogP contribution in [0.5, 0.6) is 0 Å². The van der Waals surface area contributed by atoms with Gasteiger partial charge in [0.2, 0.25) is 10.0 Å². The van der Waals surface area contributed by atoms with Gasteiger partial charge in [-0.3, -0.25) is 4.72 Å². The summed E-state index contributed by atoms with van der Waals surface area (Å²) in [7, 11) is -3.70. The summed E-state index contributed by atoms with van der Waals surface area (Å²) in [5.74, 6) is -0.105. The van der Waals surface area contributed by atoms with Crippen LogP contribution >= 0.6 is 0 Å². The quantitative estimate of drug-likeness (QED) is 0.753. The predicted octanol–water partition coefficient (Wildman–Crippen LogP) is 2.36. The molecule has 2 aromatic heterocycles. The lowest BCUT2D eigenvalue weighted by Gasteiger charge is -2.09. The molecule has 9 heteroatoms. The lowest BCUT2D eigenvalue weighted by molar-refractivity contribution is 0.599. The second kappa shape index (κ2) is 6.60. The van der Waals surface area contributed by atoms with E-state index in [0.717, 1.165) is 11.4 Å². The van der Waals surface area contributed by atoms with Gasteiger partial charge < -0.3 is 0 Å². The number of anilines is 1. The smallest absolute Gasteiger partial charge is 0.238 e. The van der Waals surface area contributed by atoms with E-state index in [1.165, 1.54) is 36.7 Å². The van der Waals surface area contributed by atoms with E-state index < -0.39 is 15.8 Å². The Morgan fingerprint density at radius 2 is 1.84 bits per heavy atom. The maximum atomic E-state index is 12.9. The molecule has 0 atom stereocenters. The molecule has 2 heterocycles. The first-order valence-corrected chi connectivity index (χ1v) is 9.08. The van der Waals surface area contributed by atoms with Crippen LogP contribution in [0.15, 0.2) is 42.7 Å². The van der Waals surface area contributed by atoms with Crippen molar-refractivity contribution in [1.82, 2.24) is 19.7 Å². The normalized spacial score (nSPS) is 11.5. The maximum Gasteiger partial charge on any atom is 0.238 e. The predicted molar refractivity (Wildman–Crippen MR) is 91.3 cm³/mol. The summed E-state index contributed by atoms with van der Waals surface area (Å²) in [6.45, 7) is 3.73. The maximum absolute atomic E-state index is 12.9. The van der Waals surface area contributed by atoms with Crippen LogP contribution in [-0.4, -0.2) is 28.2 Å². The monoisotopic (exact) mass is 361 g/mol. The number of sulfonamides is 1.